The number of nitrogens with one attached hydrogen (secondary N) is 2. The third kappa shape index (κ3) is 10.2. The molecule has 0 bridgehead atoms. The predicted octanol–water partition coefficient (Wildman–Crippen LogP) is 0.858. The van der Waals surface area contributed by atoms with E-state index < -0.39 is 29.2 Å². The molecule has 0 aromatic carbocycles. The molecule has 0 aliphatic carbocycles. The molecule has 0 amide bonds. The Bertz CT molecular complexity index is 277. The first-order valence-corrected chi connectivity index (χ1v) is 6.61. The Hall–Kier alpha value is -0.340. The lowest BCUT2D eigenvalue weighted by atomic mass is 10.3. The quantitative estimate of drug-likeness (QED) is 0.638. The summed E-state index contributed by atoms with van der Waals surface area (Å²) in [5.74, 6) is -0.132. The van der Waals surface area contributed by atoms with Crippen molar-refractivity contribution in [2.24, 2.45) is 0 Å². The molecule has 0 heterocycles. The minimum atomic E-state index is -4.32. The van der Waals surface area contributed by atoms with Gasteiger partial charge in [0.05, 0.1) is 12.2 Å². The fourth-order valence-electron chi connectivity index (χ4n) is 1.01. The largest absolute Gasteiger partial charge is 0.390 e. The fourth-order valence-corrected chi connectivity index (χ4v) is 2.16. The van der Waals surface area contributed by atoms with Crippen molar-refractivity contribution in [1.29, 1.82) is 0 Å². The molecule has 0 aliphatic heterocycles. The summed E-state index contributed by atoms with van der Waals surface area (Å²) in [6, 6.07) is 0. The van der Waals surface area contributed by atoms with E-state index in [1.54, 1.807) is 7.05 Å². The van der Waals surface area contributed by atoms with Crippen LogP contribution in [0.15, 0.2) is 0 Å². The minimum Gasteiger partial charge on any atom is -0.320 e. The van der Waals surface area contributed by atoms with E-state index >= 15 is 0 Å². The number of rotatable bonds is 8. The van der Waals surface area contributed by atoms with Gasteiger partial charge in [0, 0.05) is 6.54 Å². The molecule has 0 aromatic rings. The molecule has 0 spiro atoms. The summed E-state index contributed by atoms with van der Waals surface area (Å²) in [5, 5.41) is 2.85. The summed E-state index contributed by atoms with van der Waals surface area (Å²) in [4.78, 5) is 0. The molecule has 0 radical (unpaired) electrons. The van der Waals surface area contributed by atoms with Gasteiger partial charge in [0.25, 0.3) is 0 Å². The normalized spacial score (nSPS) is 13.0. The van der Waals surface area contributed by atoms with E-state index in [0.29, 0.717) is 19.4 Å². The lowest BCUT2D eigenvalue weighted by Crippen LogP contribution is -2.30. The zero-order valence-electron chi connectivity index (χ0n) is 9.10. The SMILES string of the molecule is CNCCCCS(=O)(=O)NCCC(F)(F)F. The Balaban J connectivity index is 3.71. The van der Waals surface area contributed by atoms with Gasteiger partial charge in [0.15, 0.2) is 0 Å². The van der Waals surface area contributed by atoms with Crippen molar-refractivity contribution in [2.75, 3.05) is 25.9 Å². The van der Waals surface area contributed by atoms with Crippen LogP contribution in [0, 0.1) is 0 Å². The van der Waals surface area contributed by atoms with Crippen molar-refractivity contribution >= 4 is 10.0 Å². The molecule has 0 unspecified atom stereocenters. The maximum absolute atomic E-state index is 11.7. The Morgan fingerprint density at radius 3 is 2.25 bits per heavy atom. The molecule has 0 saturated heterocycles. The van der Waals surface area contributed by atoms with E-state index in [2.05, 4.69) is 5.32 Å². The Kier molecular flexibility index (Phi) is 6.93. The molecule has 0 saturated carbocycles. The highest BCUT2D eigenvalue weighted by Crippen LogP contribution is 2.18. The van der Waals surface area contributed by atoms with E-state index in [4.69, 9.17) is 0 Å². The first kappa shape index (κ1) is 15.7. The van der Waals surface area contributed by atoms with E-state index in [0.717, 1.165) is 0 Å². The number of hydrogen-bond donors (Lipinski definition) is 2. The summed E-state index contributed by atoms with van der Waals surface area (Å²) in [5.41, 5.74) is 0. The zero-order chi connectivity index (χ0) is 12.7. The number of unbranched alkanes of at least 4 members (excludes halogenated alkanes) is 1. The van der Waals surface area contributed by atoms with Gasteiger partial charge in [-0.2, -0.15) is 13.2 Å². The highest BCUT2D eigenvalue weighted by molar-refractivity contribution is 7.89. The maximum Gasteiger partial charge on any atom is 0.390 e. The fraction of sp³-hybridized carbons (Fsp3) is 1.00. The molecule has 4 nitrogen and oxygen atoms in total. The van der Waals surface area contributed by atoms with Crippen LogP contribution in [-0.4, -0.2) is 40.5 Å². The van der Waals surface area contributed by atoms with Crippen LogP contribution in [0.1, 0.15) is 19.3 Å². The summed E-state index contributed by atoms with van der Waals surface area (Å²) >= 11 is 0. The minimum absolute atomic E-state index is 0.132. The highest BCUT2D eigenvalue weighted by atomic mass is 32.2. The van der Waals surface area contributed by atoms with Gasteiger partial charge in [-0.15, -0.1) is 0 Å². The average molecular weight is 262 g/mol. The lowest BCUT2D eigenvalue weighted by Gasteiger charge is -2.08. The van der Waals surface area contributed by atoms with Crippen molar-refractivity contribution < 1.29 is 21.6 Å². The van der Waals surface area contributed by atoms with Gasteiger partial charge >= 0.3 is 6.18 Å². The number of sulfonamides is 1. The summed E-state index contributed by atoms with van der Waals surface area (Å²) in [6.07, 6.45) is -4.35. The van der Waals surface area contributed by atoms with Gasteiger partial charge in [-0.05, 0) is 26.4 Å². The maximum atomic E-state index is 11.7. The summed E-state index contributed by atoms with van der Waals surface area (Å²) < 4.78 is 59.5. The second-order valence-electron chi connectivity index (χ2n) is 3.39. The van der Waals surface area contributed by atoms with Crippen LogP contribution < -0.4 is 10.0 Å². The van der Waals surface area contributed by atoms with Crippen LogP contribution in [0.2, 0.25) is 0 Å². The monoisotopic (exact) mass is 262 g/mol. The lowest BCUT2D eigenvalue weighted by molar-refractivity contribution is -0.132. The van der Waals surface area contributed by atoms with Gasteiger partial charge in [0.2, 0.25) is 10.0 Å². The van der Waals surface area contributed by atoms with Crippen molar-refractivity contribution in [3.63, 3.8) is 0 Å². The van der Waals surface area contributed by atoms with Crippen molar-refractivity contribution in [3.8, 4) is 0 Å². The van der Waals surface area contributed by atoms with Crippen LogP contribution in [0.3, 0.4) is 0 Å². The van der Waals surface area contributed by atoms with Gasteiger partial charge in [-0.25, -0.2) is 13.1 Å². The third-order valence-electron chi connectivity index (χ3n) is 1.82. The molecule has 16 heavy (non-hydrogen) atoms. The van der Waals surface area contributed by atoms with Crippen molar-refractivity contribution in [2.45, 2.75) is 25.4 Å². The molecular weight excluding hydrogens is 245 g/mol. The molecule has 0 aromatic heterocycles. The number of hydrogen-bond acceptors (Lipinski definition) is 3. The summed E-state index contributed by atoms with van der Waals surface area (Å²) in [6.45, 7) is 0.107. The molecular formula is C8H17F3N2O2S. The van der Waals surface area contributed by atoms with Gasteiger partial charge in [-0.3, -0.25) is 0 Å². The second kappa shape index (κ2) is 7.08. The second-order valence-corrected chi connectivity index (χ2v) is 5.32. The van der Waals surface area contributed by atoms with E-state index in [1.165, 1.54) is 0 Å². The van der Waals surface area contributed by atoms with Crippen LogP contribution >= 0.6 is 0 Å². The Morgan fingerprint density at radius 2 is 1.75 bits per heavy atom. The summed E-state index contributed by atoms with van der Waals surface area (Å²) in [7, 11) is -1.82. The Morgan fingerprint density at radius 1 is 1.12 bits per heavy atom. The molecule has 8 heteroatoms. The molecule has 2 N–H and O–H groups in total. The van der Waals surface area contributed by atoms with Crippen LogP contribution in [-0.2, 0) is 10.0 Å². The van der Waals surface area contributed by atoms with Crippen LogP contribution in [0.5, 0.6) is 0 Å². The first-order valence-electron chi connectivity index (χ1n) is 4.95. The molecule has 0 rings (SSSR count). The highest BCUT2D eigenvalue weighted by Gasteiger charge is 2.27. The molecule has 0 fully saturated rings. The standard InChI is InChI=1S/C8H17F3N2O2S/c1-12-5-2-3-7-16(14,15)13-6-4-8(9,10)11/h12-13H,2-7H2,1H3. The smallest absolute Gasteiger partial charge is 0.320 e. The number of halogens is 3. The Labute approximate surface area is 93.7 Å². The van der Waals surface area contributed by atoms with E-state index in [-0.39, 0.29) is 5.75 Å². The zero-order valence-corrected chi connectivity index (χ0v) is 9.92. The van der Waals surface area contributed by atoms with Gasteiger partial charge < -0.3 is 5.32 Å². The van der Waals surface area contributed by atoms with Crippen molar-refractivity contribution in [1.82, 2.24) is 10.0 Å². The van der Waals surface area contributed by atoms with Gasteiger partial charge in [-0.1, -0.05) is 0 Å². The molecule has 98 valence electrons. The molecule has 0 atom stereocenters. The van der Waals surface area contributed by atoms with E-state index in [1.807, 2.05) is 4.72 Å². The van der Waals surface area contributed by atoms with Crippen LogP contribution in [0.4, 0.5) is 13.2 Å². The average Bonchev–Trinajstić information content (AvgIpc) is 2.10. The first-order chi connectivity index (χ1) is 7.27. The van der Waals surface area contributed by atoms with Crippen LogP contribution in [0.25, 0.3) is 0 Å². The third-order valence-corrected chi connectivity index (χ3v) is 3.29. The topological polar surface area (TPSA) is 58.2 Å². The van der Waals surface area contributed by atoms with E-state index in [9.17, 15) is 21.6 Å². The predicted molar refractivity (Wildman–Crippen MR) is 55.6 cm³/mol. The van der Waals surface area contributed by atoms with Crippen molar-refractivity contribution in [3.05, 3.63) is 0 Å². The number of alkyl halides is 3. The molecule has 0 aliphatic rings. The van der Waals surface area contributed by atoms with Gasteiger partial charge in [0.1, 0.15) is 0 Å².